The Morgan fingerprint density at radius 1 is 1.54 bits per heavy atom. The molecule has 0 amide bonds. The van der Waals surface area contributed by atoms with Crippen LogP contribution in [0.5, 0.6) is 0 Å². The first-order valence-corrected chi connectivity index (χ1v) is 3.74. The van der Waals surface area contributed by atoms with Crippen LogP contribution in [0.2, 0.25) is 0 Å². The number of aromatic nitrogens is 4. The molecule has 0 fully saturated rings. The summed E-state index contributed by atoms with van der Waals surface area (Å²) in [5.74, 6) is 2.71. The third-order valence-corrected chi connectivity index (χ3v) is 1.48. The van der Waals surface area contributed by atoms with Gasteiger partial charge in [0.15, 0.2) is 5.65 Å². The Morgan fingerprint density at radius 3 is 3.23 bits per heavy atom. The van der Waals surface area contributed by atoms with Crippen molar-refractivity contribution in [1.82, 2.24) is 19.7 Å². The van der Waals surface area contributed by atoms with E-state index < -0.39 is 0 Å². The van der Waals surface area contributed by atoms with E-state index in [9.17, 15) is 0 Å². The van der Waals surface area contributed by atoms with Crippen LogP contribution in [0.3, 0.4) is 0 Å². The van der Waals surface area contributed by atoms with Gasteiger partial charge in [-0.15, -0.1) is 5.10 Å². The minimum Gasteiger partial charge on any atom is -0.320 e. The van der Waals surface area contributed by atoms with Gasteiger partial charge in [-0.25, -0.2) is 9.97 Å². The Balaban J connectivity index is 2.50. The molecule has 2 aromatic rings. The zero-order valence-electron chi connectivity index (χ0n) is 6.81. The van der Waals surface area contributed by atoms with Gasteiger partial charge in [0.2, 0.25) is 0 Å². The van der Waals surface area contributed by atoms with Crippen molar-refractivity contribution >= 4 is 11.0 Å². The van der Waals surface area contributed by atoms with E-state index in [4.69, 9.17) is 5.73 Å². The van der Waals surface area contributed by atoms with Gasteiger partial charge in [-0.2, -0.15) is 4.68 Å². The summed E-state index contributed by atoms with van der Waals surface area (Å²) in [6, 6.07) is 2.75. The topological polar surface area (TPSA) is 69.6 Å². The zero-order chi connectivity index (χ0) is 9.10. The van der Waals surface area contributed by atoms with Crippen LogP contribution in [-0.2, 0) is 0 Å². The van der Waals surface area contributed by atoms with E-state index in [-0.39, 0.29) is 0 Å². The standard InChI is InChI=1S/C8H7N5/c9-2-1-3-13-5-7-4-10-6-11-8(7)12-13/h4-6H,2,9H2. The highest BCUT2D eigenvalue weighted by Crippen LogP contribution is 2.04. The normalized spacial score (nSPS) is 9.62. The van der Waals surface area contributed by atoms with Crippen molar-refractivity contribution in [3.63, 3.8) is 0 Å². The molecule has 13 heavy (non-hydrogen) atoms. The molecule has 0 aliphatic heterocycles. The molecule has 64 valence electrons. The first-order valence-electron chi connectivity index (χ1n) is 3.74. The van der Waals surface area contributed by atoms with Crippen molar-refractivity contribution in [2.24, 2.45) is 5.73 Å². The van der Waals surface area contributed by atoms with E-state index in [1.807, 2.05) is 0 Å². The van der Waals surface area contributed by atoms with Crippen LogP contribution in [-0.4, -0.2) is 26.3 Å². The number of fused-ring (bicyclic) bond motifs is 1. The Labute approximate surface area is 74.6 Å². The lowest BCUT2D eigenvalue weighted by Crippen LogP contribution is -1.95. The average molecular weight is 173 g/mol. The molecule has 0 atom stereocenters. The van der Waals surface area contributed by atoms with E-state index in [0.29, 0.717) is 12.2 Å². The highest BCUT2D eigenvalue weighted by molar-refractivity contribution is 5.72. The van der Waals surface area contributed by atoms with Crippen LogP contribution in [0.15, 0.2) is 18.7 Å². The summed E-state index contributed by atoms with van der Waals surface area (Å²) in [6.07, 6.45) is 4.91. The van der Waals surface area contributed by atoms with Crippen molar-refractivity contribution in [3.8, 4) is 12.0 Å². The number of hydrogen-bond acceptors (Lipinski definition) is 4. The summed E-state index contributed by atoms with van der Waals surface area (Å²) >= 11 is 0. The summed E-state index contributed by atoms with van der Waals surface area (Å²) in [5.41, 5.74) is 5.87. The van der Waals surface area contributed by atoms with E-state index in [1.54, 1.807) is 12.4 Å². The van der Waals surface area contributed by atoms with Gasteiger partial charge >= 0.3 is 0 Å². The van der Waals surface area contributed by atoms with Gasteiger partial charge < -0.3 is 5.73 Å². The molecule has 0 aromatic carbocycles. The third kappa shape index (κ3) is 1.48. The molecule has 5 heteroatoms. The molecule has 2 heterocycles. The summed E-state index contributed by atoms with van der Waals surface area (Å²) in [5, 5.41) is 4.96. The quantitative estimate of drug-likeness (QED) is 0.550. The van der Waals surface area contributed by atoms with Crippen molar-refractivity contribution < 1.29 is 0 Å². The molecule has 0 radical (unpaired) electrons. The summed E-state index contributed by atoms with van der Waals surface area (Å²) in [4.78, 5) is 7.84. The van der Waals surface area contributed by atoms with Crippen LogP contribution >= 0.6 is 0 Å². The van der Waals surface area contributed by atoms with Gasteiger partial charge in [0.1, 0.15) is 6.33 Å². The Bertz CT molecular complexity index is 443. The Morgan fingerprint density at radius 2 is 2.46 bits per heavy atom. The molecular formula is C8H7N5. The average Bonchev–Trinajstić information content (AvgIpc) is 2.57. The smallest absolute Gasteiger partial charge is 0.185 e. The minimum absolute atomic E-state index is 0.321. The van der Waals surface area contributed by atoms with E-state index in [0.717, 1.165) is 5.39 Å². The van der Waals surface area contributed by atoms with E-state index >= 15 is 0 Å². The molecule has 0 saturated heterocycles. The highest BCUT2D eigenvalue weighted by atomic mass is 15.3. The van der Waals surface area contributed by atoms with Gasteiger partial charge in [-0.1, -0.05) is 5.92 Å². The molecule has 2 N–H and O–H groups in total. The van der Waals surface area contributed by atoms with Crippen molar-refractivity contribution in [2.45, 2.75) is 0 Å². The summed E-state index contributed by atoms with van der Waals surface area (Å²) < 4.78 is 1.49. The summed E-state index contributed by atoms with van der Waals surface area (Å²) in [6.45, 7) is 0.321. The van der Waals surface area contributed by atoms with Gasteiger partial charge in [0.05, 0.1) is 18.1 Å². The molecule has 0 spiro atoms. The second-order valence-corrected chi connectivity index (χ2v) is 2.37. The molecule has 0 saturated carbocycles. The monoisotopic (exact) mass is 173 g/mol. The Hall–Kier alpha value is -1.93. The maximum Gasteiger partial charge on any atom is 0.185 e. The van der Waals surface area contributed by atoms with Crippen molar-refractivity contribution in [3.05, 3.63) is 18.7 Å². The van der Waals surface area contributed by atoms with Crippen LogP contribution in [0, 0.1) is 12.0 Å². The molecule has 5 nitrogen and oxygen atoms in total. The zero-order valence-corrected chi connectivity index (χ0v) is 6.81. The van der Waals surface area contributed by atoms with Crippen LogP contribution in [0.1, 0.15) is 0 Å². The van der Waals surface area contributed by atoms with Gasteiger partial charge in [-0.3, -0.25) is 0 Å². The van der Waals surface area contributed by atoms with Gasteiger partial charge in [-0.05, 0) is 0 Å². The molecule has 2 aromatic heterocycles. The van der Waals surface area contributed by atoms with Crippen LogP contribution < -0.4 is 5.73 Å². The van der Waals surface area contributed by atoms with E-state index in [1.165, 1.54) is 11.0 Å². The molecule has 0 bridgehead atoms. The number of nitrogens with two attached hydrogens (primary N) is 1. The first-order chi connectivity index (χ1) is 6.40. The number of nitrogens with zero attached hydrogens (tertiary/aromatic N) is 4. The maximum atomic E-state index is 5.23. The molecular weight excluding hydrogens is 166 g/mol. The first kappa shape index (κ1) is 7.71. The molecule has 0 aliphatic carbocycles. The van der Waals surface area contributed by atoms with Crippen LogP contribution in [0.4, 0.5) is 0 Å². The lowest BCUT2D eigenvalue weighted by Gasteiger charge is -1.80. The fourth-order valence-corrected chi connectivity index (χ4v) is 0.955. The van der Waals surface area contributed by atoms with E-state index in [2.05, 4.69) is 27.0 Å². The van der Waals surface area contributed by atoms with Crippen molar-refractivity contribution in [2.75, 3.05) is 6.54 Å². The van der Waals surface area contributed by atoms with Crippen molar-refractivity contribution in [1.29, 1.82) is 0 Å². The number of hydrogen-bond donors (Lipinski definition) is 1. The fourth-order valence-electron chi connectivity index (χ4n) is 0.955. The van der Waals surface area contributed by atoms with Crippen LogP contribution in [0.25, 0.3) is 11.0 Å². The predicted molar refractivity (Wildman–Crippen MR) is 47.6 cm³/mol. The third-order valence-electron chi connectivity index (χ3n) is 1.48. The Kier molecular flexibility index (Phi) is 1.90. The fraction of sp³-hybridized carbons (Fsp3) is 0.125. The molecule has 2 rings (SSSR count). The SMILES string of the molecule is NCC#Cn1cc2cncnc2n1. The van der Waals surface area contributed by atoms with Gasteiger partial charge in [0.25, 0.3) is 0 Å². The number of rotatable bonds is 0. The largest absolute Gasteiger partial charge is 0.320 e. The second-order valence-electron chi connectivity index (χ2n) is 2.37. The lowest BCUT2D eigenvalue weighted by atomic mass is 10.4. The predicted octanol–water partition coefficient (Wildman–Crippen LogP) is -0.406. The minimum atomic E-state index is 0.321. The lowest BCUT2D eigenvalue weighted by molar-refractivity contribution is 0.923. The molecule has 0 unspecified atom stereocenters. The van der Waals surface area contributed by atoms with Gasteiger partial charge in [0, 0.05) is 12.2 Å². The maximum absolute atomic E-state index is 5.23. The highest BCUT2D eigenvalue weighted by Gasteiger charge is 1.97. The molecule has 0 aliphatic rings. The summed E-state index contributed by atoms with van der Waals surface area (Å²) in [7, 11) is 0. The second kappa shape index (κ2) is 3.21.